The highest BCUT2D eigenvalue weighted by Crippen LogP contribution is 2.33. The first-order valence-corrected chi connectivity index (χ1v) is 10.0. The van der Waals surface area contributed by atoms with Gasteiger partial charge in [0.1, 0.15) is 0 Å². The fraction of sp³-hybridized carbons (Fsp3) is 0.217. The molecule has 5 rings (SSSR count). The molecule has 0 unspecified atom stereocenters. The third-order valence-electron chi connectivity index (χ3n) is 5.49. The molecular weight excluding hydrogens is 378 g/mol. The van der Waals surface area contributed by atoms with Crippen LogP contribution >= 0.6 is 0 Å². The molecule has 2 N–H and O–H groups in total. The lowest BCUT2D eigenvalue weighted by Crippen LogP contribution is -2.39. The van der Waals surface area contributed by atoms with Crippen LogP contribution in [0.4, 0.5) is 5.82 Å². The molecule has 7 heteroatoms. The molecule has 4 aromatic rings. The van der Waals surface area contributed by atoms with Crippen molar-refractivity contribution < 1.29 is 9.21 Å². The summed E-state index contributed by atoms with van der Waals surface area (Å²) in [5.74, 6) is 1.48. The van der Waals surface area contributed by atoms with Crippen LogP contribution in [0.5, 0.6) is 0 Å². The minimum atomic E-state index is -0.238. The third-order valence-corrected chi connectivity index (χ3v) is 5.49. The number of piperidine rings is 1. The predicted octanol–water partition coefficient (Wildman–Crippen LogP) is 3.65. The topological polar surface area (TPSA) is 98.1 Å². The lowest BCUT2D eigenvalue weighted by Gasteiger charge is -2.31. The van der Waals surface area contributed by atoms with Crippen LogP contribution in [-0.2, 0) is 4.79 Å². The number of nitrogens with zero attached hydrogens (tertiary/aromatic N) is 4. The van der Waals surface area contributed by atoms with E-state index in [0.717, 1.165) is 11.1 Å². The maximum atomic E-state index is 11.6. The van der Waals surface area contributed by atoms with E-state index in [0.29, 0.717) is 54.7 Å². The van der Waals surface area contributed by atoms with Crippen molar-refractivity contribution in [2.75, 3.05) is 18.0 Å². The van der Waals surface area contributed by atoms with E-state index in [2.05, 4.69) is 14.9 Å². The van der Waals surface area contributed by atoms with Crippen LogP contribution in [0, 0.1) is 5.92 Å². The number of hydrogen-bond donors (Lipinski definition) is 1. The van der Waals surface area contributed by atoms with Gasteiger partial charge in [-0.05, 0) is 25.0 Å². The Kier molecular flexibility index (Phi) is 4.63. The SMILES string of the molecule is NC(=O)C1CCN(c2nc(-c3ccccc3)nc3nc(-c4ccccc4)oc23)CC1. The number of anilines is 1. The molecule has 2 aromatic heterocycles. The third kappa shape index (κ3) is 3.39. The number of carbonyl (C=O) groups is 1. The molecule has 7 nitrogen and oxygen atoms in total. The highest BCUT2D eigenvalue weighted by molar-refractivity contribution is 5.85. The lowest BCUT2D eigenvalue weighted by molar-refractivity contribution is -0.122. The molecule has 0 spiro atoms. The molecule has 1 amide bonds. The molecule has 3 heterocycles. The van der Waals surface area contributed by atoms with E-state index in [4.69, 9.17) is 15.1 Å². The van der Waals surface area contributed by atoms with Crippen LogP contribution in [0.3, 0.4) is 0 Å². The fourth-order valence-electron chi connectivity index (χ4n) is 3.82. The summed E-state index contributed by atoms with van der Waals surface area (Å²) in [5.41, 5.74) is 8.38. The second kappa shape index (κ2) is 7.59. The second-order valence-corrected chi connectivity index (χ2v) is 7.44. The highest BCUT2D eigenvalue weighted by Gasteiger charge is 2.27. The van der Waals surface area contributed by atoms with Crippen molar-refractivity contribution >= 4 is 23.0 Å². The van der Waals surface area contributed by atoms with Crippen LogP contribution in [0.1, 0.15) is 12.8 Å². The minimum absolute atomic E-state index is 0.0956. The standard InChI is InChI=1S/C23H21N5O2/c24-19(29)15-11-13-28(14-12-15)22-18-21(25-20(26-22)16-7-3-1-4-8-16)27-23(30-18)17-9-5-2-6-10-17/h1-10,15H,11-14H2,(H2,24,29). The van der Waals surface area contributed by atoms with Crippen LogP contribution in [-0.4, -0.2) is 33.9 Å². The van der Waals surface area contributed by atoms with Crippen molar-refractivity contribution in [1.29, 1.82) is 0 Å². The number of fused-ring (bicyclic) bond motifs is 1. The van der Waals surface area contributed by atoms with Gasteiger partial charge in [0.25, 0.3) is 0 Å². The largest absolute Gasteiger partial charge is 0.430 e. The molecule has 30 heavy (non-hydrogen) atoms. The second-order valence-electron chi connectivity index (χ2n) is 7.44. The van der Waals surface area contributed by atoms with Crippen molar-refractivity contribution in [3.8, 4) is 22.8 Å². The predicted molar refractivity (Wildman–Crippen MR) is 115 cm³/mol. The summed E-state index contributed by atoms with van der Waals surface area (Å²) in [4.78, 5) is 27.9. The quantitative estimate of drug-likeness (QED) is 0.562. The molecule has 1 saturated heterocycles. The lowest BCUT2D eigenvalue weighted by atomic mass is 9.96. The van der Waals surface area contributed by atoms with E-state index in [1.807, 2.05) is 60.7 Å². The zero-order valence-electron chi connectivity index (χ0n) is 16.4. The van der Waals surface area contributed by atoms with Gasteiger partial charge in [-0.2, -0.15) is 4.98 Å². The molecular formula is C23H21N5O2. The molecule has 1 fully saturated rings. The van der Waals surface area contributed by atoms with Crippen molar-refractivity contribution in [3.05, 3.63) is 60.7 Å². The summed E-state index contributed by atoms with van der Waals surface area (Å²) in [6.07, 6.45) is 1.39. The zero-order chi connectivity index (χ0) is 20.5. The average Bonchev–Trinajstić information content (AvgIpc) is 3.24. The smallest absolute Gasteiger partial charge is 0.229 e. The number of aromatic nitrogens is 3. The van der Waals surface area contributed by atoms with Gasteiger partial charge in [0, 0.05) is 30.1 Å². The van der Waals surface area contributed by atoms with Crippen LogP contribution in [0.15, 0.2) is 65.1 Å². The van der Waals surface area contributed by atoms with E-state index >= 15 is 0 Å². The average molecular weight is 399 g/mol. The van der Waals surface area contributed by atoms with Gasteiger partial charge in [0.2, 0.25) is 23.0 Å². The minimum Gasteiger partial charge on any atom is -0.430 e. The highest BCUT2D eigenvalue weighted by atomic mass is 16.4. The van der Waals surface area contributed by atoms with Gasteiger partial charge in [0.05, 0.1) is 0 Å². The van der Waals surface area contributed by atoms with Crippen LogP contribution < -0.4 is 10.6 Å². The first-order valence-electron chi connectivity index (χ1n) is 10.0. The number of carbonyl (C=O) groups excluding carboxylic acids is 1. The van der Waals surface area contributed by atoms with E-state index in [-0.39, 0.29) is 11.8 Å². The molecule has 0 saturated carbocycles. The maximum Gasteiger partial charge on any atom is 0.229 e. The van der Waals surface area contributed by atoms with Crippen molar-refractivity contribution in [2.45, 2.75) is 12.8 Å². The fourth-order valence-corrected chi connectivity index (χ4v) is 3.82. The summed E-state index contributed by atoms with van der Waals surface area (Å²) in [7, 11) is 0. The molecule has 2 aromatic carbocycles. The molecule has 0 aliphatic carbocycles. The number of hydrogen-bond acceptors (Lipinski definition) is 6. The van der Waals surface area contributed by atoms with Crippen LogP contribution in [0.25, 0.3) is 34.1 Å². The first-order chi connectivity index (χ1) is 14.7. The van der Waals surface area contributed by atoms with Crippen molar-refractivity contribution in [2.24, 2.45) is 11.7 Å². The normalized spacial score (nSPS) is 14.9. The van der Waals surface area contributed by atoms with Gasteiger partial charge in [-0.3, -0.25) is 4.79 Å². The summed E-state index contributed by atoms with van der Waals surface area (Å²) < 4.78 is 6.13. The Morgan fingerprint density at radius 1 is 0.900 bits per heavy atom. The Bertz CT molecular complexity index is 1180. The number of amides is 1. The summed E-state index contributed by atoms with van der Waals surface area (Å²) in [6.45, 7) is 1.35. The monoisotopic (exact) mass is 399 g/mol. The Balaban J connectivity index is 1.61. The zero-order valence-corrected chi connectivity index (χ0v) is 16.4. The molecule has 1 aliphatic rings. The maximum absolute atomic E-state index is 11.6. The van der Waals surface area contributed by atoms with Gasteiger partial charge < -0.3 is 15.1 Å². The van der Waals surface area contributed by atoms with Crippen molar-refractivity contribution in [1.82, 2.24) is 15.0 Å². The number of rotatable bonds is 4. The Labute approximate surface area is 173 Å². The number of primary amides is 1. The Morgan fingerprint density at radius 2 is 1.53 bits per heavy atom. The van der Waals surface area contributed by atoms with Crippen LogP contribution in [0.2, 0.25) is 0 Å². The Morgan fingerprint density at radius 3 is 2.17 bits per heavy atom. The summed E-state index contributed by atoms with van der Waals surface area (Å²) >= 11 is 0. The van der Waals surface area contributed by atoms with Gasteiger partial charge in [-0.1, -0.05) is 48.5 Å². The molecule has 0 atom stereocenters. The Hall–Kier alpha value is -3.74. The molecule has 0 radical (unpaired) electrons. The molecule has 0 bridgehead atoms. The van der Waals surface area contributed by atoms with Gasteiger partial charge in [0.15, 0.2) is 11.6 Å². The number of nitrogens with two attached hydrogens (primary N) is 1. The van der Waals surface area contributed by atoms with E-state index in [1.165, 1.54) is 0 Å². The van der Waals surface area contributed by atoms with E-state index in [1.54, 1.807) is 0 Å². The molecule has 1 aliphatic heterocycles. The summed E-state index contributed by atoms with van der Waals surface area (Å²) in [6, 6.07) is 19.6. The first kappa shape index (κ1) is 18.3. The van der Waals surface area contributed by atoms with E-state index < -0.39 is 0 Å². The van der Waals surface area contributed by atoms with E-state index in [9.17, 15) is 4.79 Å². The van der Waals surface area contributed by atoms with Gasteiger partial charge >= 0.3 is 0 Å². The van der Waals surface area contributed by atoms with Gasteiger partial charge in [-0.25, -0.2) is 9.97 Å². The molecule has 150 valence electrons. The van der Waals surface area contributed by atoms with Crippen molar-refractivity contribution in [3.63, 3.8) is 0 Å². The summed E-state index contributed by atoms with van der Waals surface area (Å²) in [5, 5.41) is 0. The number of benzene rings is 2. The van der Waals surface area contributed by atoms with Gasteiger partial charge in [-0.15, -0.1) is 0 Å². The number of oxazole rings is 1.